The van der Waals surface area contributed by atoms with Crippen LogP contribution in [-0.4, -0.2) is 38.0 Å². The topological polar surface area (TPSA) is 66.5 Å². The van der Waals surface area contributed by atoms with E-state index in [-0.39, 0.29) is 25.5 Å². The standard InChI is InChI=1S/C18H21FN2O3S/c1-14-4-3-5-15(12-14)13-21(25(2,23)24)11-10-20-18(22)16-6-8-17(19)9-7-16/h3-9,12H,10-11,13H2,1-2H3,(H,20,22). The molecular formula is C18H21FN2O3S. The molecule has 2 aromatic rings. The molecule has 0 aliphatic heterocycles. The molecule has 0 saturated heterocycles. The lowest BCUT2D eigenvalue weighted by atomic mass is 10.1. The van der Waals surface area contributed by atoms with Crippen LogP contribution in [0.3, 0.4) is 0 Å². The molecule has 0 fully saturated rings. The zero-order valence-electron chi connectivity index (χ0n) is 14.2. The van der Waals surface area contributed by atoms with E-state index in [0.29, 0.717) is 5.56 Å². The van der Waals surface area contributed by atoms with E-state index in [9.17, 15) is 17.6 Å². The van der Waals surface area contributed by atoms with Crippen LogP contribution in [0.5, 0.6) is 0 Å². The number of rotatable bonds is 7. The molecule has 0 aliphatic rings. The van der Waals surface area contributed by atoms with Crippen molar-refractivity contribution in [1.82, 2.24) is 9.62 Å². The maximum absolute atomic E-state index is 12.9. The van der Waals surface area contributed by atoms with Gasteiger partial charge in [0.05, 0.1) is 6.26 Å². The monoisotopic (exact) mass is 364 g/mol. The van der Waals surface area contributed by atoms with Crippen molar-refractivity contribution in [2.75, 3.05) is 19.3 Å². The van der Waals surface area contributed by atoms with Crippen LogP contribution in [0.1, 0.15) is 21.5 Å². The highest BCUT2D eigenvalue weighted by molar-refractivity contribution is 7.88. The molecule has 0 aromatic heterocycles. The fourth-order valence-electron chi connectivity index (χ4n) is 2.37. The SMILES string of the molecule is Cc1cccc(CN(CCNC(=O)c2ccc(F)cc2)S(C)(=O)=O)c1. The molecule has 25 heavy (non-hydrogen) atoms. The smallest absolute Gasteiger partial charge is 0.251 e. The van der Waals surface area contributed by atoms with Crippen LogP contribution in [0.15, 0.2) is 48.5 Å². The normalized spacial score (nSPS) is 11.5. The lowest BCUT2D eigenvalue weighted by Gasteiger charge is -2.20. The van der Waals surface area contributed by atoms with Crippen molar-refractivity contribution in [2.24, 2.45) is 0 Å². The van der Waals surface area contributed by atoms with Crippen LogP contribution >= 0.6 is 0 Å². The van der Waals surface area contributed by atoms with Gasteiger partial charge in [-0.15, -0.1) is 0 Å². The Bertz CT molecular complexity index is 836. The lowest BCUT2D eigenvalue weighted by molar-refractivity contribution is 0.0951. The summed E-state index contributed by atoms with van der Waals surface area (Å²) in [6.45, 7) is 2.50. The van der Waals surface area contributed by atoms with Gasteiger partial charge in [-0.05, 0) is 36.8 Å². The van der Waals surface area contributed by atoms with Gasteiger partial charge in [0.1, 0.15) is 5.82 Å². The molecule has 0 spiro atoms. The van der Waals surface area contributed by atoms with Crippen LogP contribution in [-0.2, 0) is 16.6 Å². The first kappa shape index (κ1) is 19.1. The third-order valence-corrected chi connectivity index (χ3v) is 4.91. The Morgan fingerprint density at radius 1 is 1.16 bits per heavy atom. The fraction of sp³-hybridized carbons (Fsp3) is 0.278. The quantitative estimate of drug-likeness (QED) is 0.820. The van der Waals surface area contributed by atoms with Gasteiger partial charge < -0.3 is 5.32 Å². The van der Waals surface area contributed by atoms with E-state index in [4.69, 9.17) is 0 Å². The van der Waals surface area contributed by atoms with E-state index >= 15 is 0 Å². The minimum Gasteiger partial charge on any atom is -0.351 e. The van der Waals surface area contributed by atoms with E-state index in [1.807, 2.05) is 31.2 Å². The summed E-state index contributed by atoms with van der Waals surface area (Å²) in [7, 11) is -3.41. The number of hydrogen-bond donors (Lipinski definition) is 1. The van der Waals surface area contributed by atoms with Crippen molar-refractivity contribution >= 4 is 15.9 Å². The number of carbonyl (C=O) groups is 1. The van der Waals surface area contributed by atoms with Gasteiger partial charge in [-0.1, -0.05) is 29.8 Å². The number of aryl methyl sites for hydroxylation is 1. The number of benzene rings is 2. The lowest BCUT2D eigenvalue weighted by Crippen LogP contribution is -2.37. The molecule has 0 unspecified atom stereocenters. The fourth-order valence-corrected chi connectivity index (χ4v) is 3.18. The minimum absolute atomic E-state index is 0.152. The molecule has 134 valence electrons. The van der Waals surface area contributed by atoms with Crippen molar-refractivity contribution in [3.8, 4) is 0 Å². The van der Waals surface area contributed by atoms with E-state index < -0.39 is 15.8 Å². The van der Waals surface area contributed by atoms with Gasteiger partial charge in [0.25, 0.3) is 5.91 Å². The molecule has 2 rings (SSSR count). The highest BCUT2D eigenvalue weighted by Gasteiger charge is 2.17. The highest BCUT2D eigenvalue weighted by Crippen LogP contribution is 2.10. The van der Waals surface area contributed by atoms with E-state index in [1.165, 1.54) is 28.6 Å². The van der Waals surface area contributed by atoms with Gasteiger partial charge in [0, 0.05) is 25.2 Å². The van der Waals surface area contributed by atoms with Crippen molar-refractivity contribution in [3.63, 3.8) is 0 Å². The van der Waals surface area contributed by atoms with Crippen LogP contribution in [0.25, 0.3) is 0 Å². The largest absolute Gasteiger partial charge is 0.351 e. The molecule has 0 radical (unpaired) electrons. The number of carbonyl (C=O) groups excluding carboxylic acids is 1. The Labute approximate surface area is 147 Å². The summed E-state index contributed by atoms with van der Waals surface area (Å²) < 4.78 is 38.1. The first-order valence-electron chi connectivity index (χ1n) is 7.80. The Balaban J connectivity index is 1.96. The zero-order chi connectivity index (χ0) is 18.4. The van der Waals surface area contributed by atoms with Crippen LogP contribution < -0.4 is 5.32 Å². The second-order valence-electron chi connectivity index (χ2n) is 5.85. The number of amides is 1. The van der Waals surface area contributed by atoms with Gasteiger partial charge in [0.15, 0.2) is 0 Å². The van der Waals surface area contributed by atoms with Gasteiger partial charge in [-0.3, -0.25) is 4.79 Å². The molecule has 7 heteroatoms. The molecule has 5 nitrogen and oxygen atoms in total. The summed E-state index contributed by atoms with van der Waals surface area (Å²) in [5.74, 6) is -0.790. The predicted molar refractivity (Wildman–Crippen MR) is 95.2 cm³/mol. The molecular weight excluding hydrogens is 343 g/mol. The van der Waals surface area contributed by atoms with Gasteiger partial charge in [-0.2, -0.15) is 4.31 Å². The minimum atomic E-state index is -3.41. The van der Waals surface area contributed by atoms with Gasteiger partial charge in [-0.25, -0.2) is 12.8 Å². The van der Waals surface area contributed by atoms with Crippen LogP contribution in [0, 0.1) is 12.7 Å². The molecule has 0 heterocycles. The van der Waals surface area contributed by atoms with Crippen molar-refractivity contribution in [3.05, 3.63) is 71.0 Å². The number of sulfonamides is 1. The summed E-state index contributed by atoms with van der Waals surface area (Å²) in [5, 5.41) is 2.65. The molecule has 2 aromatic carbocycles. The second-order valence-corrected chi connectivity index (χ2v) is 7.83. The van der Waals surface area contributed by atoms with Crippen molar-refractivity contribution in [1.29, 1.82) is 0 Å². The first-order valence-corrected chi connectivity index (χ1v) is 9.65. The third kappa shape index (κ3) is 5.95. The maximum Gasteiger partial charge on any atom is 0.251 e. The highest BCUT2D eigenvalue weighted by atomic mass is 32.2. The maximum atomic E-state index is 12.9. The molecule has 0 saturated carbocycles. The molecule has 0 bridgehead atoms. The average molecular weight is 364 g/mol. The van der Waals surface area contributed by atoms with Gasteiger partial charge in [0.2, 0.25) is 10.0 Å². The van der Waals surface area contributed by atoms with E-state index in [0.717, 1.165) is 17.4 Å². The summed E-state index contributed by atoms with van der Waals surface area (Å²) >= 11 is 0. The number of halogens is 1. The second kappa shape index (κ2) is 8.22. The molecule has 1 amide bonds. The summed E-state index contributed by atoms with van der Waals surface area (Å²) in [5.41, 5.74) is 2.26. The van der Waals surface area contributed by atoms with Crippen LogP contribution in [0.4, 0.5) is 4.39 Å². The summed E-state index contributed by atoms with van der Waals surface area (Å²) in [4.78, 5) is 12.0. The Hall–Kier alpha value is -2.25. The Morgan fingerprint density at radius 2 is 1.84 bits per heavy atom. The number of hydrogen-bond acceptors (Lipinski definition) is 3. The summed E-state index contributed by atoms with van der Waals surface area (Å²) in [6.07, 6.45) is 1.14. The molecule has 1 N–H and O–H groups in total. The Kier molecular flexibility index (Phi) is 6.27. The Morgan fingerprint density at radius 3 is 2.44 bits per heavy atom. The van der Waals surface area contributed by atoms with E-state index in [1.54, 1.807) is 0 Å². The molecule has 0 atom stereocenters. The summed E-state index contributed by atoms with van der Waals surface area (Å²) in [6, 6.07) is 12.8. The van der Waals surface area contributed by atoms with Gasteiger partial charge >= 0.3 is 0 Å². The predicted octanol–water partition coefficient (Wildman–Crippen LogP) is 2.33. The van der Waals surface area contributed by atoms with Crippen LogP contribution in [0.2, 0.25) is 0 Å². The number of nitrogens with zero attached hydrogens (tertiary/aromatic N) is 1. The zero-order valence-corrected chi connectivity index (χ0v) is 15.0. The van der Waals surface area contributed by atoms with E-state index in [2.05, 4.69) is 5.32 Å². The third-order valence-electron chi connectivity index (χ3n) is 3.66. The van der Waals surface area contributed by atoms with Crippen molar-refractivity contribution in [2.45, 2.75) is 13.5 Å². The van der Waals surface area contributed by atoms with Crippen molar-refractivity contribution < 1.29 is 17.6 Å². The first-order chi connectivity index (χ1) is 11.8. The molecule has 0 aliphatic carbocycles. The average Bonchev–Trinajstić information content (AvgIpc) is 2.53. The number of nitrogens with one attached hydrogen (secondary N) is 1.